The fraction of sp³-hybridized carbons (Fsp3) is 0.300. The molecular weight excluding hydrogens is 360 g/mol. The minimum Gasteiger partial charge on any atom is -0.497 e. The number of amides is 1. The highest BCUT2D eigenvalue weighted by Crippen LogP contribution is 2.31. The normalized spacial score (nSPS) is 16.1. The van der Waals surface area contributed by atoms with E-state index in [0.29, 0.717) is 5.13 Å². The van der Waals surface area contributed by atoms with E-state index in [1.807, 2.05) is 24.4 Å². The smallest absolute Gasteiger partial charge is 0.243 e. The third kappa shape index (κ3) is 3.61. The Kier molecular flexibility index (Phi) is 4.96. The molecule has 0 fully saturated rings. The SMILES string of the molecule is COc1ccc2[nH]cc(C3=CCN([C@@H](C)C(=O)Nc4nccs4)CC3)c2c1. The Bertz CT molecular complexity index is 977. The van der Waals surface area contributed by atoms with Gasteiger partial charge in [0.1, 0.15) is 5.75 Å². The molecule has 1 atom stereocenters. The number of nitrogens with one attached hydrogen (secondary N) is 2. The Balaban J connectivity index is 1.47. The summed E-state index contributed by atoms with van der Waals surface area (Å²) in [5.74, 6) is 0.840. The van der Waals surface area contributed by atoms with Gasteiger partial charge in [0.2, 0.25) is 5.91 Å². The average molecular weight is 382 g/mol. The van der Waals surface area contributed by atoms with Crippen LogP contribution in [0.5, 0.6) is 5.75 Å². The molecule has 3 aromatic rings. The van der Waals surface area contributed by atoms with Gasteiger partial charge in [-0.2, -0.15) is 0 Å². The van der Waals surface area contributed by atoms with E-state index in [4.69, 9.17) is 4.74 Å². The zero-order valence-electron chi connectivity index (χ0n) is 15.4. The fourth-order valence-electron chi connectivity index (χ4n) is 3.43. The number of carbonyl (C=O) groups is 1. The van der Waals surface area contributed by atoms with Gasteiger partial charge >= 0.3 is 0 Å². The lowest BCUT2D eigenvalue weighted by Gasteiger charge is -2.30. The van der Waals surface area contributed by atoms with Gasteiger partial charge in [0.15, 0.2) is 5.13 Å². The van der Waals surface area contributed by atoms with E-state index in [9.17, 15) is 4.79 Å². The van der Waals surface area contributed by atoms with Crippen molar-refractivity contribution in [3.8, 4) is 5.75 Å². The van der Waals surface area contributed by atoms with Crippen LogP contribution in [0.3, 0.4) is 0 Å². The minimum atomic E-state index is -0.199. The summed E-state index contributed by atoms with van der Waals surface area (Å²) in [5.41, 5.74) is 3.62. The van der Waals surface area contributed by atoms with Gasteiger partial charge in [0.25, 0.3) is 0 Å². The molecule has 2 N–H and O–H groups in total. The third-order valence-corrected chi connectivity index (χ3v) is 5.75. The predicted octanol–water partition coefficient (Wildman–Crippen LogP) is 3.75. The van der Waals surface area contributed by atoms with E-state index in [1.54, 1.807) is 13.3 Å². The van der Waals surface area contributed by atoms with Crippen LogP contribution < -0.4 is 10.1 Å². The first-order chi connectivity index (χ1) is 13.2. The van der Waals surface area contributed by atoms with Gasteiger partial charge in [0, 0.05) is 47.3 Å². The predicted molar refractivity (Wildman–Crippen MR) is 109 cm³/mol. The number of H-pyrrole nitrogens is 1. The summed E-state index contributed by atoms with van der Waals surface area (Å²) in [6.45, 7) is 3.53. The second-order valence-corrected chi connectivity index (χ2v) is 7.49. The summed E-state index contributed by atoms with van der Waals surface area (Å²) in [7, 11) is 1.68. The van der Waals surface area contributed by atoms with Crippen LogP contribution in [0.4, 0.5) is 5.13 Å². The number of benzene rings is 1. The van der Waals surface area contributed by atoms with E-state index in [2.05, 4.69) is 38.5 Å². The molecule has 0 unspecified atom stereocenters. The number of ether oxygens (including phenoxy) is 1. The van der Waals surface area contributed by atoms with Gasteiger partial charge < -0.3 is 15.0 Å². The number of hydrogen-bond donors (Lipinski definition) is 2. The minimum absolute atomic E-state index is 0.0152. The molecule has 7 heteroatoms. The highest BCUT2D eigenvalue weighted by Gasteiger charge is 2.24. The molecule has 2 aromatic heterocycles. The molecule has 1 aliphatic rings. The highest BCUT2D eigenvalue weighted by atomic mass is 32.1. The Hall–Kier alpha value is -2.64. The maximum absolute atomic E-state index is 12.4. The third-order valence-electron chi connectivity index (χ3n) is 5.07. The summed E-state index contributed by atoms with van der Waals surface area (Å²) in [4.78, 5) is 22.1. The number of aromatic amines is 1. The molecule has 0 aliphatic carbocycles. The van der Waals surface area contributed by atoms with E-state index >= 15 is 0 Å². The number of aromatic nitrogens is 2. The monoisotopic (exact) mass is 382 g/mol. The number of carbonyl (C=O) groups excluding carboxylic acids is 1. The molecule has 140 valence electrons. The van der Waals surface area contributed by atoms with Gasteiger partial charge in [-0.05, 0) is 37.1 Å². The lowest BCUT2D eigenvalue weighted by Crippen LogP contribution is -2.44. The zero-order valence-corrected chi connectivity index (χ0v) is 16.2. The Labute approximate surface area is 161 Å². The first-order valence-corrected chi connectivity index (χ1v) is 9.82. The lowest BCUT2D eigenvalue weighted by atomic mass is 9.98. The maximum Gasteiger partial charge on any atom is 0.243 e. The summed E-state index contributed by atoms with van der Waals surface area (Å²) in [6, 6.07) is 5.87. The molecule has 1 aliphatic heterocycles. The second-order valence-electron chi connectivity index (χ2n) is 6.59. The Morgan fingerprint density at radius 3 is 3.04 bits per heavy atom. The van der Waals surface area contributed by atoms with Crippen molar-refractivity contribution in [1.29, 1.82) is 0 Å². The molecule has 27 heavy (non-hydrogen) atoms. The number of rotatable bonds is 5. The number of anilines is 1. The number of fused-ring (bicyclic) bond motifs is 1. The van der Waals surface area contributed by atoms with Crippen molar-refractivity contribution < 1.29 is 9.53 Å². The zero-order chi connectivity index (χ0) is 18.8. The van der Waals surface area contributed by atoms with E-state index < -0.39 is 0 Å². The van der Waals surface area contributed by atoms with E-state index in [-0.39, 0.29) is 11.9 Å². The summed E-state index contributed by atoms with van der Waals surface area (Å²) < 4.78 is 5.36. The van der Waals surface area contributed by atoms with Crippen molar-refractivity contribution in [3.63, 3.8) is 0 Å². The number of thiazole rings is 1. The van der Waals surface area contributed by atoms with Gasteiger partial charge in [-0.1, -0.05) is 6.08 Å². The van der Waals surface area contributed by atoms with Crippen molar-refractivity contribution in [1.82, 2.24) is 14.9 Å². The molecule has 1 amide bonds. The fourth-order valence-corrected chi connectivity index (χ4v) is 3.97. The quantitative estimate of drug-likeness (QED) is 0.705. The number of nitrogens with zero attached hydrogens (tertiary/aromatic N) is 2. The number of hydrogen-bond acceptors (Lipinski definition) is 5. The largest absolute Gasteiger partial charge is 0.497 e. The molecular formula is C20H22N4O2S. The van der Waals surface area contributed by atoms with E-state index in [0.717, 1.165) is 30.8 Å². The van der Waals surface area contributed by atoms with Crippen molar-refractivity contribution >= 4 is 38.9 Å². The van der Waals surface area contributed by atoms with Crippen LogP contribution in [0.15, 0.2) is 42.0 Å². The topological polar surface area (TPSA) is 70.2 Å². The number of methoxy groups -OCH3 is 1. The van der Waals surface area contributed by atoms with Crippen molar-refractivity contribution in [2.45, 2.75) is 19.4 Å². The lowest BCUT2D eigenvalue weighted by molar-refractivity contribution is -0.120. The molecule has 0 radical (unpaired) electrons. The summed E-state index contributed by atoms with van der Waals surface area (Å²) in [5, 5.41) is 6.55. The van der Waals surface area contributed by atoms with Crippen LogP contribution >= 0.6 is 11.3 Å². The van der Waals surface area contributed by atoms with Crippen molar-refractivity contribution in [3.05, 3.63) is 47.6 Å². The van der Waals surface area contributed by atoms with Gasteiger partial charge in [-0.15, -0.1) is 11.3 Å². The molecule has 4 rings (SSSR count). The Morgan fingerprint density at radius 1 is 1.44 bits per heavy atom. The molecule has 3 heterocycles. The van der Waals surface area contributed by atoms with Gasteiger partial charge in [-0.25, -0.2) is 4.98 Å². The van der Waals surface area contributed by atoms with Crippen LogP contribution in [0.1, 0.15) is 18.9 Å². The van der Waals surface area contributed by atoms with Crippen LogP contribution in [0.2, 0.25) is 0 Å². The molecule has 0 bridgehead atoms. The standard InChI is InChI=1S/C20H22N4O2S/c1-13(19(25)23-20-21-7-10-27-20)24-8-5-14(6-9-24)17-12-22-18-4-3-15(26-2)11-16(17)18/h3-5,7,10-13,22H,6,8-9H2,1-2H3,(H,21,23,25)/t13-/m0/s1. The van der Waals surface area contributed by atoms with Gasteiger partial charge in [-0.3, -0.25) is 9.69 Å². The van der Waals surface area contributed by atoms with Crippen LogP contribution in [0, 0.1) is 0 Å². The van der Waals surface area contributed by atoms with Crippen LogP contribution in [-0.4, -0.2) is 47.0 Å². The van der Waals surface area contributed by atoms with Crippen molar-refractivity contribution in [2.24, 2.45) is 0 Å². The van der Waals surface area contributed by atoms with Crippen LogP contribution in [-0.2, 0) is 4.79 Å². The molecule has 0 saturated carbocycles. The molecule has 6 nitrogen and oxygen atoms in total. The summed E-state index contributed by atoms with van der Waals surface area (Å²) in [6.07, 6.45) is 6.87. The highest BCUT2D eigenvalue weighted by molar-refractivity contribution is 7.13. The van der Waals surface area contributed by atoms with E-state index in [1.165, 1.54) is 27.9 Å². The Morgan fingerprint density at radius 2 is 2.33 bits per heavy atom. The molecule has 1 aromatic carbocycles. The van der Waals surface area contributed by atoms with Crippen LogP contribution in [0.25, 0.3) is 16.5 Å². The second kappa shape index (κ2) is 7.54. The maximum atomic E-state index is 12.4. The first-order valence-electron chi connectivity index (χ1n) is 8.94. The summed E-state index contributed by atoms with van der Waals surface area (Å²) >= 11 is 1.43. The molecule has 0 spiro atoms. The first kappa shape index (κ1) is 17.8. The average Bonchev–Trinajstić information content (AvgIpc) is 3.36. The molecule has 0 saturated heterocycles. The van der Waals surface area contributed by atoms with Gasteiger partial charge in [0.05, 0.1) is 13.2 Å². The van der Waals surface area contributed by atoms with Crippen molar-refractivity contribution in [2.75, 3.05) is 25.5 Å².